The predicted molar refractivity (Wildman–Crippen MR) is 81.1 cm³/mol. The van der Waals surface area contributed by atoms with Crippen LogP contribution in [0.5, 0.6) is 0 Å². The number of aromatic nitrogens is 2. The summed E-state index contributed by atoms with van der Waals surface area (Å²) >= 11 is 0. The van der Waals surface area contributed by atoms with E-state index in [0.29, 0.717) is 18.9 Å². The van der Waals surface area contributed by atoms with Crippen LogP contribution in [0.3, 0.4) is 0 Å². The van der Waals surface area contributed by atoms with Crippen molar-refractivity contribution in [2.24, 2.45) is 5.92 Å². The van der Waals surface area contributed by atoms with Gasteiger partial charge in [0.2, 0.25) is 5.91 Å². The molecule has 0 unspecified atom stereocenters. The van der Waals surface area contributed by atoms with Crippen LogP contribution in [0.1, 0.15) is 24.2 Å². The molecule has 1 aromatic carbocycles. The van der Waals surface area contributed by atoms with E-state index in [1.54, 1.807) is 0 Å². The second kappa shape index (κ2) is 6.26. The van der Waals surface area contributed by atoms with Gasteiger partial charge in [-0.15, -0.1) is 0 Å². The fourth-order valence-electron chi connectivity index (χ4n) is 2.74. The van der Waals surface area contributed by atoms with Gasteiger partial charge < -0.3 is 15.0 Å². The maximum Gasteiger partial charge on any atom is 0.220 e. The van der Waals surface area contributed by atoms with Crippen LogP contribution in [0.15, 0.2) is 18.2 Å². The molecule has 2 aromatic rings. The Morgan fingerprint density at radius 2 is 2.43 bits per heavy atom. The number of rotatable bonds is 5. The molecule has 2 N–H and O–H groups in total. The number of hydrogen-bond acceptors (Lipinski definition) is 3. The fourth-order valence-corrected chi connectivity index (χ4v) is 2.74. The summed E-state index contributed by atoms with van der Waals surface area (Å²) in [5, 5.41) is 2.96. The minimum atomic E-state index is 0.109. The van der Waals surface area contributed by atoms with Crippen molar-refractivity contribution in [1.29, 1.82) is 0 Å². The van der Waals surface area contributed by atoms with Crippen LogP contribution in [0, 0.1) is 12.8 Å². The van der Waals surface area contributed by atoms with E-state index in [0.717, 1.165) is 42.9 Å². The van der Waals surface area contributed by atoms with Crippen molar-refractivity contribution in [2.45, 2.75) is 26.2 Å². The van der Waals surface area contributed by atoms with Gasteiger partial charge >= 0.3 is 0 Å². The first-order valence-corrected chi connectivity index (χ1v) is 7.51. The Morgan fingerprint density at radius 1 is 1.52 bits per heavy atom. The minimum Gasteiger partial charge on any atom is -0.381 e. The summed E-state index contributed by atoms with van der Waals surface area (Å²) < 4.78 is 5.28. The number of benzene rings is 1. The third-order valence-corrected chi connectivity index (χ3v) is 3.95. The van der Waals surface area contributed by atoms with E-state index in [9.17, 15) is 4.79 Å². The van der Waals surface area contributed by atoms with Crippen LogP contribution >= 0.6 is 0 Å². The number of para-hydroxylation sites is 1. The number of ether oxygens (including phenoxy) is 1. The van der Waals surface area contributed by atoms with Gasteiger partial charge in [0.25, 0.3) is 0 Å². The highest BCUT2D eigenvalue weighted by molar-refractivity contribution is 5.78. The van der Waals surface area contributed by atoms with E-state index in [1.165, 1.54) is 5.56 Å². The normalized spacial score (nSPS) is 18.2. The average Bonchev–Trinajstić information content (AvgIpc) is 3.08. The zero-order valence-corrected chi connectivity index (χ0v) is 12.3. The number of imidazole rings is 1. The Bertz CT molecular complexity index is 629. The van der Waals surface area contributed by atoms with Crippen LogP contribution in [-0.2, 0) is 16.0 Å². The van der Waals surface area contributed by atoms with Crippen molar-refractivity contribution >= 4 is 16.9 Å². The lowest BCUT2D eigenvalue weighted by Gasteiger charge is -2.07. The average molecular weight is 287 g/mol. The van der Waals surface area contributed by atoms with E-state index in [2.05, 4.69) is 28.3 Å². The first-order valence-electron chi connectivity index (χ1n) is 7.51. The lowest BCUT2D eigenvalue weighted by molar-refractivity contribution is -0.122. The van der Waals surface area contributed by atoms with Crippen LogP contribution in [0.2, 0.25) is 0 Å². The van der Waals surface area contributed by atoms with Crippen molar-refractivity contribution in [3.8, 4) is 0 Å². The monoisotopic (exact) mass is 287 g/mol. The zero-order valence-electron chi connectivity index (χ0n) is 12.3. The van der Waals surface area contributed by atoms with Crippen LogP contribution in [0.4, 0.5) is 0 Å². The molecule has 1 aromatic heterocycles. The number of nitrogens with one attached hydrogen (secondary N) is 2. The minimum absolute atomic E-state index is 0.109. The molecule has 21 heavy (non-hydrogen) atoms. The van der Waals surface area contributed by atoms with Gasteiger partial charge in [-0.2, -0.15) is 0 Å². The van der Waals surface area contributed by atoms with Gasteiger partial charge in [-0.1, -0.05) is 12.1 Å². The van der Waals surface area contributed by atoms with Crippen molar-refractivity contribution in [1.82, 2.24) is 15.3 Å². The SMILES string of the molecule is Cc1cccc2[nH]c(CCNC(=O)C[C@H]3CCOC3)nc12. The third-order valence-electron chi connectivity index (χ3n) is 3.95. The van der Waals surface area contributed by atoms with Crippen LogP contribution in [0.25, 0.3) is 11.0 Å². The molecule has 112 valence electrons. The molecule has 0 bridgehead atoms. The maximum atomic E-state index is 11.8. The molecule has 2 heterocycles. The molecule has 3 rings (SSSR count). The standard InChI is InChI=1S/C16H21N3O2/c1-11-3-2-4-13-16(11)19-14(18-13)5-7-17-15(20)9-12-6-8-21-10-12/h2-4,12H,5-10H2,1H3,(H,17,20)(H,18,19)/t12-/m1/s1. The summed E-state index contributed by atoms with van der Waals surface area (Å²) in [4.78, 5) is 19.7. The fraction of sp³-hybridized carbons (Fsp3) is 0.500. The van der Waals surface area contributed by atoms with E-state index in [1.807, 2.05) is 12.1 Å². The molecular weight excluding hydrogens is 266 g/mol. The molecule has 5 nitrogen and oxygen atoms in total. The number of aromatic amines is 1. The number of amides is 1. The molecule has 1 atom stereocenters. The van der Waals surface area contributed by atoms with Gasteiger partial charge in [0.05, 0.1) is 11.0 Å². The molecule has 0 aliphatic carbocycles. The number of carbonyl (C=O) groups excluding carboxylic acids is 1. The van der Waals surface area contributed by atoms with Crippen LogP contribution in [-0.4, -0.2) is 35.6 Å². The Labute approximate surface area is 124 Å². The van der Waals surface area contributed by atoms with Crippen molar-refractivity contribution in [3.63, 3.8) is 0 Å². The summed E-state index contributed by atoms with van der Waals surface area (Å²) in [6.07, 6.45) is 2.29. The first-order chi connectivity index (χ1) is 10.2. The second-order valence-corrected chi connectivity index (χ2v) is 5.69. The summed E-state index contributed by atoms with van der Waals surface area (Å²) in [7, 11) is 0. The van der Waals surface area contributed by atoms with E-state index in [4.69, 9.17) is 4.74 Å². The number of H-pyrrole nitrogens is 1. The molecular formula is C16H21N3O2. The quantitative estimate of drug-likeness (QED) is 0.883. The Hall–Kier alpha value is -1.88. The Morgan fingerprint density at radius 3 is 3.19 bits per heavy atom. The highest BCUT2D eigenvalue weighted by Gasteiger charge is 2.18. The number of fused-ring (bicyclic) bond motifs is 1. The summed E-state index contributed by atoms with van der Waals surface area (Å²) in [5.41, 5.74) is 3.24. The maximum absolute atomic E-state index is 11.8. The number of nitrogens with zero attached hydrogens (tertiary/aromatic N) is 1. The second-order valence-electron chi connectivity index (χ2n) is 5.69. The summed E-state index contributed by atoms with van der Waals surface area (Å²) in [5.74, 6) is 1.42. The highest BCUT2D eigenvalue weighted by atomic mass is 16.5. The van der Waals surface area contributed by atoms with Gasteiger partial charge in [0.15, 0.2) is 0 Å². The van der Waals surface area contributed by atoms with Gasteiger partial charge in [0.1, 0.15) is 5.82 Å². The van der Waals surface area contributed by atoms with Crippen LogP contribution < -0.4 is 5.32 Å². The lowest BCUT2D eigenvalue weighted by Crippen LogP contribution is -2.27. The van der Waals surface area contributed by atoms with E-state index < -0.39 is 0 Å². The molecule has 5 heteroatoms. The molecule has 1 aliphatic rings. The van der Waals surface area contributed by atoms with Gasteiger partial charge in [0, 0.05) is 32.6 Å². The van der Waals surface area contributed by atoms with Crippen molar-refractivity contribution in [3.05, 3.63) is 29.6 Å². The molecule has 1 aliphatic heterocycles. The molecule has 1 fully saturated rings. The highest BCUT2D eigenvalue weighted by Crippen LogP contribution is 2.16. The third kappa shape index (κ3) is 3.42. The smallest absolute Gasteiger partial charge is 0.220 e. The number of carbonyl (C=O) groups is 1. The van der Waals surface area contributed by atoms with Gasteiger partial charge in [-0.3, -0.25) is 4.79 Å². The molecule has 1 amide bonds. The number of hydrogen-bond donors (Lipinski definition) is 2. The molecule has 0 radical (unpaired) electrons. The number of aryl methyl sites for hydroxylation is 1. The predicted octanol–water partition coefficient (Wildman–Crippen LogP) is 1.96. The van der Waals surface area contributed by atoms with E-state index >= 15 is 0 Å². The Kier molecular flexibility index (Phi) is 4.20. The van der Waals surface area contributed by atoms with Gasteiger partial charge in [-0.25, -0.2) is 4.98 Å². The lowest BCUT2D eigenvalue weighted by atomic mass is 10.1. The summed E-state index contributed by atoms with van der Waals surface area (Å²) in [6.45, 7) is 4.18. The molecule has 1 saturated heterocycles. The van der Waals surface area contributed by atoms with Gasteiger partial charge in [-0.05, 0) is 30.9 Å². The Balaban J connectivity index is 1.49. The first kappa shape index (κ1) is 14.1. The summed E-state index contributed by atoms with van der Waals surface area (Å²) in [6, 6.07) is 6.10. The van der Waals surface area contributed by atoms with Crippen molar-refractivity contribution in [2.75, 3.05) is 19.8 Å². The van der Waals surface area contributed by atoms with Crippen molar-refractivity contribution < 1.29 is 9.53 Å². The van der Waals surface area contributed by atoms with E-state index in [-0.39, 0.29) is 5.91 Å². The largest absolute Gasteiger partial charge is 0.381 e. The topological polar surface area (TPSA) is 67.0 Å². The molecule has 0 spiro atoms. The zero-order chi connectivity index (χ0) is 14.7. The molecule has 0 saturated carbocycles.